The summed E-state index contributed by atoms with van der Waals surface area (Å²) in [6.07, 6.45) is 4.32. The molecule has 0 aliphatic heterocycles. The monoisotopic (exact) mass is 469 g/mol. The Labute approximate surface area is 189 Å². The van der Waals surface area contributed by atoms with Crippen LogP contribution in [0.2, 0.25) is 5.02 Å². The van der Waals surface area contributed by atoms with Gasteiger partial charge in [0.25, 0.3) is 0 Å². The molecule has 0 bridgehead atoms. The molecule has 0 fully saturated rings. The summed E-state index contributed by atoms with van der Waals surface area (Å²) in [7, 11) is -3.57. The summed E-state index contributed by atoms with van der Waals surface area (Å²) in [5.41, 5.74) is 8.08. The molecule has 8 nitrogen and oxygen atoms in total. The number of fused-ring (bicyclic) bond motifs is 1. The molecule has 0 aliphatic carbocycles. The molecular formula is C22H20ClN5O3S. The van der Waals surface area contributed by atoms with Crippen LogP contribution in [0, 0.1) is 0 Å². The lowest BCUT2D eigenvalue weighted by atomic mass is 10.1. The molecule has 164 valence electrons. The van der Waals surface area contributed by atoms with E-state index in [-0.39, 0.29) is 17.2 Å². The van der Waals surface area contributed by atoms with E-state index in [4.69, 9.17) is 17.3 Å². The molecule has 0 aliphatic rings. The highest BCUT2D eigenvalue weighted by molar-refractivity contribution is 7.91. The molecular weight excluding hydrogens is 450 g/mol. The number of sulfone groups is 1. The molecule has 10 heteroatoms. The smallest absolute Gasteiger partial charge is 0.228 e. The molecule has 0 radical (unpaired) electrons. The van der Waals surface area contributed by atoms with Gasteiger partial charge in [-0.1, -0.05) is 35.9 Å². The maximum absolute atomic E-state index is 12.6. The lowest BCUT2D eigenvalue weighted by Crippen LogP contribution is -2.15. The number of hydrogen-bond donors (Lipinski definition) is 2. The third kappa shape index (κ3) is 4.74. The number of nitrogens with zero attached hydrogens (tertiary/aromatic N) is 3. The summed E-state index contributed by atoms with van der Waals surface area (Å²) in [4.78, 5) is 16.8. The first kappa shape index (κ1) is 21.8. The van der Waals surface area contributed by atoms with E-state index in [1.54, 1.807) is 47.3 Å². The Balaban J connectivity index is 1.70. The van der Waals surface area contributed by atoms with Crippen molar-refractivity contribution in [3.8, 4) is 0 Å². The lowest BCUT2D eigenvalue weighted by Gasteiger charge is -2.11. The van der Waals surface area contributed by atoms with Gasteiger partial charge in [-0.25, -0.2) is 13.4 Å². The van der Waals surface area contributed by atoms with Gasteiger partial charge in [0.15, 0.2) is 9.84 Å². The first-order valence-electron chi connectivity index (χ1n) is 9.64. The summed E-state index contributed by atoms with van der Waals surface area (Å²) >= 11 is 6.14. The second-order valence-corrected chi connectivity index (χ2v) is 9.78. The van der Waals surface area contributed by atoms with Crippen LogP contribution in [-0.2, 0) is 27.6 Å². The van der Waals surface area contributed by atoms with Crippen LogP contribution in [0.5, 0.6) is 0 Å². The summed E-state index contributed by atoms with van der Waals surface area (Å²) in [5.74, 6) is 0.0904. The van der Waals surface area contributed by atoms with Crippen LogP contribution in [0.15, 0.2) is 65.8 Å². The van der Waals surface area contributed by atoms with Gasteiger partial charge in [-0.15, -0.1) is 0 Å². The highest BCUT2D eigenvalue weighted by Gasteiger charge is 2.18. The molecule has 2 aromatic heterocycles. The number of nitrogen functional groups attached to an aromatic ring is 1. The quantitative estimate of drug-likeness (QED) is 0.447. The molecule has 0 atom stereocenters. The van der Waals surface area contributed by atoms with Crippen LogP contribution in [0.1, 0.15) is 11.1 Å². The molecule has 1 amide bonds. The van der Waals surface area contributed by atoms with Crippen molar-refractivity contribution in [1.29, 1.82) is 0 Å². The summed E-state index contributed by atoms with van der Waals surface area (Å²) in [5, 5.41) is 8.09. The predicted octanol–water partition coefficient (Wildman–Crippen LogP) is 3.30. The SMILES string of the molecule is CS(=O)(=O)c1cc(NC(=O)Cc2ccccc2Cl)cc2c1cnn2Cc1ccc(N)nc1. The molecule has 4 rings (SSSR count). The number of anilines is 2. The molecule has 0 spiro atoms. The van der Waals surface area contributed by atoms with Gasteiger partial charge in [-0.2, -0.15) is 5.10 Å². The Hall–Kier alpha value is -3.43. The minimum absolute atomic E-state index is 0.0578. The van der Waals surface area contributed by atoms with Crippen LogP contribution in [0.3, 0.4) is 0 Å². The number of nitrogens with two attached hydrogens (primary N) is 1. The fourth-order valence-electron chi connectivity index (χ4n) is 3.37. The standard InChI is InChI=1S/C22H20ClN5O3S/c1-32(30,31)20-10-16(27-22(29)8-15-4-2-3-5-18(15)23)9-19-17(20)12-26-28(19)13-14-6-7-21(24)25-11-14/h2-7,9-12H,8,13H2,1H3,(H2,24,25)(H,27,29). The van der Waals surface area contributed by atoms with Crippen LogP contribution in [-0.4, -0.2) is 35.3 Å². The number of carbonyl (C=O) groups is 1. The second-order valence-electron chi connectivity index (χ2n) is 7.39. The van der Waals surface area contributed by atoms with Gasteiger partial charge in [-0.3, -0.25) is 9.48 Å². The van der Waals surface area contributed by atoms with Crippen LogP contribution in [0.25, 0.3) is 10.9 Å². The summed E-state index contributed by atoms with van der Waals surface area (Å²) < 4.78 is 26.5. The average Bonchev–Trinajstić information content (AvgIpc) is 3.12. The Kier molecular flexibility index (Phi) is 5.86. The van der Waals surface area contributed by atoms with Crippen LogP contribution >= 0.6 is 11.6 Å². The summed E-state index contributed by atoms with van der Waals surface area (Å²) in [6, 6.07) is 13.7. The van der Waals surface area contributed by atoms with E-state index in [9.17, 15) is 13.2 Å². The normalized spacial score (nSPS) is 11.6. The van der Waals surface area contributed by atoms with Crippen molar-refractivity contribution in [2.45, 2.75) is 17.9 Å². The van der Waals surface area contributed by atoms with Crippen molar-refractivity contribution in [2.75, 3.05) is 17.3 Å². The lowest BCUT2D eigenvalue weighted by molar-refractivity contribution is -0.115. The van der Waals surface area contributed by atoms with Gasteiger partial charge in [0, 0.05) is 28.5 Å². The molecule has 0 saturated heterocycles. The van der Waals surface area contributed by atoms with Gasteiger partial charge in [0.05, 0.1) is 29.6 Å². The topological polar surface area (TPSA) is 120 Å². The fraction of sp³-hybridized carbons (Fsp3) is 0.136. The molecule has 3 N–H and O–H groups in total. The number of benzene rings is 2. The minimum Gasteiger partial charge on any atom is -0.384 e. The first-order valence-corrected chi connectivity index (χ1v) is 11.9. The summed E-state index contributed by atoms with van der Waals surface area (Å²) in [6.45, 7) is 0.358. The van der Waals surface area contributed by atoms with Crippen molar-refractivity contribution in [1.82, 2.24) is 14.8 Å². The van der Waals surface area contributed by atoms with Crippen LogP contribution < -0.4 is 11.1 Å². The van der Waals surface area contributed by atoms with E-state index < -0.39 is 9.84 Å². The number of nitrogens with one attached hydrogen (secondary N) is 1. The zero-order valence-corrected chi connectivity index (χ0v) is 18.7. The van der Waals surface area contributed by atoms with Gasteiger partial charge in [0.2, 0.25) is 5.91 Å². The van der Waals surface area contributed by atoms with E-state index in [1.165, 1.54) is 12.3 Å². The molecule has 2 heterocycles. The number of rotatable bonds is 6. The van der Waals surface area contributed by atoms with E-state index >= 15 is 0 Å². The number of carbonyl (C=O) groups excluding carboxylic acids is 1. The Morgan fingerprint density at radius 1 is 1.16 bits per heavy atom. The molecule has 2 aromatic carbocycles. The number of hydrogen-bond acceptors (Lipinski definition) is 6. The number of pyridine rings is 1. The number of halogens is 1. The fourth-order valence-corrected chi connectivity index (χ4v) is 4.47. The Morgan fingerprint density at radius 2 is 1.94 bits per heavy atom. The molecule has 32 heavy (non-hydrogen) atoms. The van der Waals surface area contributed by atoms with Gasteiger partial charge >= 0.3 is 0 Å². The zero-order chi connectivity index (χ0) is 22.9. The third-order valence-corrected chi connectivity index (χ3v) is 6.40. The van der Waals surface area contributed by atoms with Crippen molar-refractivity contribution in [3.05, 3.63) is 77.1 Å². The maximum atomic E-state index is 12.6. The van der Waals surface area contributed by atoms with Crippen molar-refractivity contribution < 1.29 is 13.2 Å². The second kappa shape index (κ2) is 8.60. The van der Waals surface area contributed by atoms with Gasteiger partial charge in [-0.05, 0) is 35.4 Å². The average molecular weight is 470 g/mol. The maximum Gasteiger partial charge on any atom is 0.228 e. The van der Waals surface area contributed by atoms with E-state index in [0.717, 1.165) is 11.8 Å². The molecule has 0 saturated carbocycles. The van der Waals surface area contributed by atoms with Crippen molar-refractivity contribution >= 4 is 49.8 Å². The largest absolute Gasteiger partial charge is 0.384 e. The zero-order valence-electron chi connectivity index (χ0n) is 17.1. The Bertz CT molecular complexity index is 1420. The number of amides is 1. The number of aromatic nitrogens is 3. The van der Waals surface area contributed by atoms with Crippen molar-refractivity contribution in [2.24, 2.45) is 0 Å². The van der Waals surface area contributed by atoms with E-state index in [0.29, 0.717) is 39.5 Å². The van der Waals surface area contributed by atoms with Crippen LogP contribution in [0.4, 0.5) is 11.5 Å². The first-order chi connectivity index (χ1) is 15.2. The minimum atomic E-state index is -3.57. The van der Waals surface area contributed by atoms with E-state index in [1.807, 2.05) is 6.07 Å². The molecule has 4 aromatic rings. The molecule has 0 unspecified atom stereocenters. The van der Waals surface area contributed by atoms with Gasteiger partial charge in [0.1, 0.15) is 5.82 Å². The third-order valence-electron chi connectivity index (χ3n) is 4.90. The van der Waals surface area contributed by atoms with E-state index in [2.05, 4.69) is 15.4 Å². The highest BCUT2D eigenvalue weighted by Crippen LogP contribution is 2.28. The highest BCUT2D eigenvalue weighted by atomic mass is 35.5. The van der Waals surface area contributed by atoms with Crippen molar-refractivity contribution in [3.63, 3.8) is 0 Å². The van der Waals surface area contributed by atoms with Gasteiger partial charge < -0.3 is 11.1 Å². The predicted molar refractivity (Wildman–Crippen MR) is 124 cm³/mol. The Morgan fingerprint density at radius 3 is 2.62 bits per heavy atom.